The zero-order valence-corrected chi connectivity index (χ0v) is 20.3. The Morgan fingerprint density at radius 1 is 0.838 bits per heavy atom. The van der Waals surface area contributed by atoms with E-state index in [4.69, 9.17) is 9.47 Å². The minimum absolute atomic E-state index is 0.0545. The van der Waals surface area contributed by atoms with Crippen molar-refractivity contribution in [2.45, 2.75) is 19.8 Å². The van der Waals surface area contributed by atoms with Gasteiger partial charge in [-0.2, -0.15) is 0 Å². The van der Waals surface area contributed by atoms with Gasteiger partial charge >= 0.3 is 5.97 Å². The highest BCUT2D eigenvalue weighted by molar-refractivity contribution is 5.92. The number of carbonyl (C=O) groups is 1. The van der Waals surface area contributed by atoms with E-state index in [9.17, 15) is 18.0 Å². The fraction of sp³-hybridized carbons (Fsp3) is 0.129. The Hall–Kier alpha value is -4.32. The number of esters is 1. The zero-order valence-electron chi connectivity index (χ0n) is 20.3. The van der Waals surface area contributed by atoms with Crippen LogP contribution < -0.4 is 9.47 Å². The van der Waals surface area contributed by atoms with Gasteiger partial charge in [0.2, 0.25) is 0 Å². The molecule has 37 heavy (non-hydrogen) atoms. The first-order chi connectivity index (χ1) is 17.9. The Bertz CT molecular complexity index is 1410. The molecule has 0 heterocycles. The Balaban J connectivity index is 1.45. The monoisotopic (exact) mass is 502 g/mol. The van der Waals surface area contributed by atoms with Crippen LogP contribution in [0.3, 0.4) is 0 Å². The van der Waals surface area contributed by atoms with E-state index >= 15 is 0 Å². The first-order valence-corrected chi connectivity index (χ1v) is 11.8. The van der Waals surface area contributed by atoms with Crippen molar-refractivity contribution in [3.05, 3.63) is 120 Å². The molecule has 0 aliphatic heterocycles. The summed E-state index contributed by atoms with van der Waals surface area (Å²) >= 11 is 0. The molecule has 0 aromatic heterocycles. The van der Waals surface area contributed by atoms with E-state index < -0.39 is 29.0 Å². The molecule has 0 N–H and O–H groups in total. The summed E-state index contributed by atoms with van der Waals surface area (Å²) in [5.74, 6) is -3.60. The highest BCUT2D eigenvalue weighted by atomic mass is 19.2. The third-order valence-corrected chi connectivity index (χ3v) is 5.81. The van der Waals surface area contributed by atoms with Crippen LogP contribution in [0.4, 0.5) is 13.2 Å². The predicted octanol–water partition coefficient (Wildman–Crippen LogP) is 8.31. The number of aryl methyl sites for hydroxylation is 1. The zero-order chi connectivity index (χ0) is 26.4. The third kappa shape index (κ3) is 6.09. The van der Waals surface area contributed by atoms with E-state index in [1.165, 1.54) is 30.3 Å². The average Bonchev–Trinajstić information content (AvgIpc) is 2.90. The molecule has 0 radical (unpaired) electrons. The molecule has 0 saturated heterocycles. The fourth-order valence-electron chi connectivity index (χ4n) is 3.75. The Morgan fingerprint density at radius 3 is 2.19 bits per heavy atom. The quantitative estimate of drug-likeness (QED) is 0.0999. The molecule has 0 bridgehead atoms. The summed E-state index contributed by atoms with van der Waals surface area (Å²) < 4.78 is 54.6. The minimum Gasteiger partial charge on any atom is -0.491 e. The Labute approximate surface area is 213 Å². The van der Waals surface area contributed by atoms with Crippen molar-refractivity contribution in [2.24, 2.45) is 0 Å². The number of ether oxygens (including phenoxy) is 2. The van der Waals surface area contributed by atoms with Crippen LogP contribution in [0.5, 0.6) is 11.5 Å². The van der Waals surface area contributed by atoms with Gasteiger partial charge in [-0.15, -0.1) is 6.58 Å². The Morgan fingerprint density at radius 2 is 1.51 bits per heavy atom. The van der Waals surface area contributed by atoms with Gasteiger partial charge in [0.05, 0.1) is 12.2 Å². The lowest BCUT2D eigenvalue weighted by atomic mass is 10.0. The summed E-state index contributed by atoms with van der Waals surface area (Å²) in [6, 6.07) is 20.4. The van der Waals surface area contributed by atoms with Crippen LogP contribution in [0.15, 0.2) is 91.5 Å². The van der Waals surface area contributed by atoms with E-state index in [0.29, 0.717) is 23.3 Å². The average molecular weight is 503 g/mol. The molecule has 4 rings (SSSR count). The summed E-state index contributed by atoms with van der Waals surface area (Å²) in [6.07, 6.45) is 3.32. The lowest BCUT2D eigenvalue weighted by Crippen LogP contribution is -2.12. The summed E-state index contributed by atoms with van der Waals surface area (Å²) in [5, 5.41) is 0. The maximum Gasteiger partial charge on any atom is 0.346 e. The van der Waals surface area contributed by atoms with Gasteiger partial charge < -0.3 is 9.47 Å². The van der Waals surface area contributed by atoms with E-state index in [2.05, 4.69) is 6.58 Å². The number of rotatable bonds is 9. The summed E-state index contributed by atoms with van der Waals surface area (Å²) in [5.41, 5.74) is 2.32. The number of hydrogen-bond acceptors (Lipinski definition) is 3. The van der Waals surface area contributed by atoms with Crippen LogP contribution in [-0.4, -0.2) is 12.6 Å². The van der Waals surface area contributed by atoms with E-state index in [-0.39, 0.29) is 17.1 Å². The van der Waals surface area contributed by atoms with Crippen LogP contribution in [0.1, 0.15) is 28.8 Å². The van der Waals surface area contributed by atoms with Crippen molar-refractivity contribution in [1.82, 2.24) is 0 Å². The first kappa shape index (κ1) is 25.8. The van der Waals surface area contributed by atoms with Gasteiger partial charge in [0.1, 0.15) is 5.75 Å². The van der Waals surface area contributed by atoms with Gasteiger partial charge in [-0.05, 0) is 66.8 Å². The van der Waals surface area contributed by atoms with Crippen molar-refractivity contribution in [3.8, 4) is 33.8 Å². The topological polar surface area (TPSA) is 35.5 Å². The van der Waals surface area contributed by atoms with Crippen LogP contribution in [0.2, 0.25) is 0 Å². The molecule has 0 aliphatic carbocycles. The first-order valence-electron chi connectivity index (χ1n) is 11.8. The van der Waals surface area contributed by atoms with E-state index in [1.807, 2.05) is 6.92 Å². The molecular weight excluding hydrogens is 477 g/mol. The summed E-state index contributed by atoms with van der Waals surface area (Å²) in [7, 11) is 0. The molecule has 4 aromatic rings. The largest absolute Gasteiger partial charge is 0.491 e. The van der Waals surface area contributed by atoms with Crippen LogP contribution in [0.25, 0.3) is 22.3 Å². The molecule has 0 spiro atoms. The lowest BCUT2D eigenvalue weighted by molar-refractivity contribution is 0.0728. The van der Waals surface area contributed by atoms with Gasteiger partial charge in [0.25, 0.3) is 0 Å². The maximum absolute atomic E-state index is 14.7. The molecule has 0 amide bonds. The molecule has 0 fully saturated rings. The van der Waals surface area contributed by atoms with Gasteiger partial charge in [0.15, 0.2) is 23.2 Å². The van der Waals surface area contributed by atoms with Crippen LogP contribution >= 0.6 is 0 Å². The SMILES string of the molecule is C=CCCCOc1ccc(-c2ccc(OC(=O)c3ccc(-c4ccc(C)cc4)c(F)c3F)cc2)cc1F. The fourth-order valence-corrected chi connectivity index (χ4v) is 3.75. The Kier molecular flexibility index (Phi) is 8.08. The van der Waals surface area contributed by atoms with Crippen molar-refractivity contribution in [3.63, 3.8) is 0 Å². The summed E-state index contributed by atoms with van der Waals surface area (Å²) in [4.78, 5) is 12.5. The number of hydrogen-bond donors (Lipinski definition) is 0. The number of benzene rings is 4. The molecule has 0 aliphatic rings. The molecule has 6 heteroatoms. The van der Waals surface area contributed by atoms with Gasteiger partial charge in [-0.25, -0.2) is 18.0 Å². The molecule has 0 atom stereocenters. The molecule has 3 nitrogen and oxygen atoms in total. The van der Waals surface area contributed by atoms with E-state index in [1.54, 1.807) is 54.6 Å². The number of unbranched alkanes of at least 4 members (excludes halogenated alkanes) is 1. The van der Waals surface area contributed by atoms with Crippen LogP contribution in [-0.2, 0) is 0 Å². The van der Waals surface area contributed by atoms with Crippen LogP contribution in [0, 0.1) is 24.4 Å². The second kappa shape index (κ2) is 11.6. The second-order valence-electron chi connectivity index (χ2n) is 8.49. The smallest absolute Gasteiger partial charge is 0.346 e. The van der Waals surface area contributed by atoms with Gasteiger partial charge in [-0.1, -0.05) is 60.2 Å². The molecule has 0 saturated carbocycles. The van der Waals surface area contributed by atoms with Crippen molar-refractivity contribution < 1.29 is 27.4 Å². The standard InChI is InChI=1S/C31H25F3O3/c1-3-4-5-18-36-28-17-12-23(19-27(28)32)21-10-13-24(14-11-21)37-31(35)26-16-15-25(29(33)30(26)34)22-8-6-20(2)7-9-22/h3,6-17,19H,1,4-5,18H2,2H3. The molecule has 4 aromatic carbocycles. The second-order valence-corrected chi connectivity index (χ2v) is 8.49. The normalized spacial score (nSPS) is 10.7. The number of allylic oxidation sites excluding steroid dienone is 1. The highest BCUT2D eigenvalue weighted by Crippen LogP contribution is 2.29. The minimum atomic E-state index is -1.28. The third-order valence-electron chi connectivity index (χ3n) is 5.81. The molecule has 0 unspecified atom stereocenters. The summed E-state index contributed by atoms with van der Waals surface area (Å²) in [6.45, 7) is 5.92. The maximum atomic E-state index is 14.7. The number of halogens is 3. The molecule has 188 valence electrons. The predicted molar refractivity (Wildman–Crippen MR) is 138 cm³/mol. The van der Waals surface area contributed by atoms with Gasteiger partial charge in [-0.3, -0.25) is 0 Å². The van der Waals surface area contributed by atoms with Gasteiger partial charge in [0, 0.05) is 5.56 Å². The van der Waals surface area contributed by atoms with Crippen molar-refractivity contribution >= 4 is 5.97 Å². The van der Waals surface area contributed by atoms with Crippen molar-refractivity contribution in [1.29, 1.82) is 0 Å². The molecular formula is C31H25F3O3. The highest BCUT2D eigenvalue weighted by Gasteiger charge is 2.21. The van der Waals surface area contributed by atoms with E-state index in [0.717, 1.165) is 18.4 Å². The number of carbonyl (C=O) groups excluding carboxylic acids is 1. The lowest BCUT2D eigenvalue weighted by Gasteiger charge is -2.10. The van der Waals surface area contributed by atoms with Crippen molar-refractivity contribution in [2.75, 3.05) is 6.61 Å².